The van der Waals surface area contributed by atoms with Gasteiger partial charge in [0.05, 0.1) is 0 Å². The summed E-state index contributed by atoms with van der Waals surface area (Å²) in [6, 6.07) is 3.92. The van der Waals surface area contributed by atoms with Crippen molar-refractivity contribution in [1.29, 1.82) is 0 Å². The lowest BCUT2D eigenvalue weighted by atomic mass is 10.3. The number of aromatic amines is 1. The van der Waals surface area contributed by atoms with Crippen LogP contribution in [0.4, 0.5) is 0 Å². The van der Waals surface area contributed by atoms with E-state index in [1.54, 1.807) is 0 Å². The Labute approximate surface area is 59.6 Å². The minimum absolute atomic E-state index is 0.781. The third-order valence-corrected chi connectivity index (χ3v) is 1.21. The summed E-state index contributed by atoms with van der Waals surface area (Å²) in [7, 11) is 0. The Bertz CT molecular complexity index is 211. The van der Waals surface area contributed by atoms with Crippen LogP contribution < -0.4 is 0 Å². The zero-order valence-electron chi connectivity index (χ0n) is 5.58. The van der Waals surface area contributed by atoms with Gasteiger partial charge in [-0.2, -0.15) is 0 Å². The number of carbonyl (C=O) groups is 1. The highest BCUT2D eigenvalue weighted by Gasteiger charge is 1.84. The summed E-state index contributed by atoms with van der Waals surface area (Å²) in [6.07, 6.45) is 6.76. The Morgan fingerprint density at radius 1 is 1.60 bits per heavy atom. The SMILES string of the molecule is O=C/C=C/Cc1ccc[nH]1. The van der Waals surface area contributed by atoms with E-state index in [0.29, 0.717) is 0 Å². The molecule has 1 aromatic rings. The van der Waals surface area contributed by atoms with Crippen LogP contribution in [0, 0.1) is 0 Å². The second kappa shape index (κ2) is 3.67. The fourth-order valence-corrected chi connectivity index (χ4v) is 0.745. The van der Waals surface area contributed by atoms with Crippen LogP contribution >= 0.6 is 0 Å². The topological polar surface area (TPSA) is 32.9 Å². The van der Waals surface area contributed by atoms with E-state index in [2.05, 4.69) is 4.98 Å². The summed E-state index contributed by atoms with van der Waals surface area (Å²) in [5, 5.41) is 0. The Morgan fingerprint density at radius 2 is 2.50 bits per heavy atom. The Hall–Kier alpha value is -1.31. The van der Waals surface area contributed by atoms with Crippen LogP contribution in [-0.4, -0.2) is 11.3 Å². The molecule has 0 bridgehead atoms. The summed E-state index contributed by atoms with van der Waals surface area (Å²) < 4.78 is 0. The van der Waals surface area contributed by atoms with Crippen LogP contribution in [0.5, 0.6) is 0 Å². The zero-order valence-corrected chi connectivity index (χ0v) is 5.58. The van der Waals surface area contributed by atoms with Crippen LogP contribution in [0.1, 0.15) is 5.69 Å². The Balaban J connectivity index is 2.41. The number of H-pyrrole nitrogens is 1. The number of nitrogens with one attached hydrogen (secondary N) is 1. The number of hydrogen-bond donors (Lipinski definition) is 1. The van der Waals surface area contributed by atoms with Crippen molar-refractivity contribution in [2.24, 2.45) is 0 Å². The minimum Gasteiger partial charge on any atom is -0.365 e. The monoisotopic (exact) mass is 135 g/mol. The van der Waals surface area contributed by atoms with Crippen molar-refractivity contribution >= 4 is 6.29 Å². The van der Waals surface area contributed by atoms with E-state index in [1.807, 2.05) is 24.4 Å². The van der Waals surface area contributed by atoms with Gasteiger partial charge < -0.3 is 4.98 Å². The number of aldehydes is 1. The molecule has 52 valence electrons. The lowest BCUT2D eigenvalue weighted by Gasteiger charge is -1.85. The van der Waals surface area contributed by atoms with Crippen LogP contribution in [0.25, 0.3) is 0 Å². The van der Waals surface area contributed by atoms with Crippen molar-refractivity contribution in [3.05, 3.63) is 36.2 Å². The molecule has 0 aromatic carbocycles. The van der Waals surface area contributed by atoms with E-state index in [0.717, 1.165) is 18.4 Å². The van der Waals surface area contributed by atoms with E-state index in [4.69, 9.17) is 0 Å². The molecular formula is C8H9NO. The van der Waals surface area contributed by atoms with E-state index >= 15 is 0 Å². The number of allylic oxidation sites excluding steroid dienone is 2. The molecule has 0 amide bonds. The van der Waals surface area contributed by atoms with E-state index in [-0.39, 0.29) is 0 Å². The van der Waals surface area contributed by atoms with Gasteiger partial charge in [-0.25, -0.2) is 0 Å². The van der Waals surface area contributed by atoms with E-state index in [9.17, 15) is 4.79 Å². The van der Waals surface area contributed by atoms with Crippen LogP contribution in [0.2, 0.25) is 0 Å². The van der Waals surface area contributed by atoms with Gasteiger partial charge in [-0.1, -0.05) is 6.08 Å². The quantitative estimate of drug-likeness (QED) is 0.492. The van der Waals surface area contributed by atoms with Crippen molar-refractivity contribution in [3.8, 4) is 0 Å². The van der Waals surface area contributed by atoms with Crippen molar-refractivity contribution in [1.82, 2.24) is 4.98 Å². The minimum atomic E-state index is 0.781. The number of rotatable bonds is 3. The molecule has 1 N–H and O–H groups in total. The molecule has 2 nitrogen and oxygen atoms in total. The molecular weight excluding hydrogens is 126 g/mol. The molecule has 10 heavy (non-hydrogen) atoms. The molecule has 0 spiro atoms. The molecule has 0 aliphatic heterocycles. The first-order chi connectivity index (χ1) is 4.93. The van der Waals surface area contributed by atoms with Gasteiger partial charge >= 0.3 is 0 Å². The average molecular weight is 135 g/mol. The highest BCUT2D eigenvalue weighted by atomic mass is 16.1. The fourth-order valence-electron chi connectivity index (χ4n) is 0.745. The fraction of sp³-hybridized carbons (Fsp3) is 0.125. The van der Waals surface area contributed by atoms with E-state index < -0.39 is 0 Å². The second-order valence-corrected chi connectivity index (χ2v) is 1.96. The molecule has 0 aliphatic rings. The van der Waals surface area contributed by atoms with Crippen LogP contribution in [-0.2, 0) is 11.2 Å². The molecule has 0 aliphatic carbocycles. The van der Waals surface area contributed by atoms with Crippen LogP contribution in [0.3, 0.4) is 0 Å². The standard InChI is InChI=1S/C8H9NO/c10-7-2-1-4-8-5-3-6-9-8/h1-3,5-7,9H,4H2/b2-1+. The van der Waals surface area contributed by atoms with Crippen molar-refractivity contribution in [2.75, 3.05) is 0 Å². The van der Waals surface area contributed by atoms with Gasteiger partial charge in [0, 0.05) is 18.3 Å². The summed E-state index contributed by atoms with van der Waals surface area (Å²) in [6.45, 7) is 0. The first-order valence-corrected chi connectivity index (χ1v) is 3.16. The van der Waals surface area contributed by atoms with Gasteiger partial charge in [0.25, 0.3) is 0 Å². The van der Waals surface area contributed by atoms with Crippen LogP contribution in [0.15, 0.2) is 30.5 Å². The second-order valence-electron chi connectivity index (χ2n) is 1.96. The van der Waals surface area contributed by atoms with Crippen molar-refractivity contribution in [2.45, 2.75) is 6.42 Å². The number of hydrogen-bond acceptors (Lipinski definition) is 1. The molecule has 1 aromatic heterocycles. The summed E-state index contributed by atoms with van der Waals surface area (Å²) in [5.41, 5.74) is 1.12. The van der Waals surface area contributed by atoms with Gasteiger partial charge in [-0.3, -0.25) is 4.79 Å². The lowest BCUT2D eigenvalue weighted by Crippen LogP contribution is -1.77. The van der Waals surface area contributed by atoms with Gasteiger partial charge in [0.2, 0.25) is 0 Å². The average Bonchev–Trinajstić information content (AvgIpc) is 2.41. The zero-order chi connectivity index (χ0) is 7.23. The van der Waals surface area contributed by atoms with Gasteiger partial charge in [0.15, 0.2) is 0 Å². The van der Waals surface area contributed by atoms with Gasteiger partial charge in [-0.15, -0.1) is 0 Å². The predicted molar refractivity (Wildman–Crippen MR) is 39.7 cm³/mol. The summed E-state index contributed by atoms with van der Waals surface area (Å²) in [5.74, 6) is 0. The molecule has 1 heterocycles. The van der Waals surface area contributed by atoms with Gasteiger partial charge in [-0.05, 0) is 18.2 Å². The molecule has 2 heteroatoms. The van der Waals surface area contributed by atoms with E-state index in [1.165, 1.54) is 6.08 Å². The predicted octanol–water partition coefficient (Wildman–Crippen LogP) is 1.31. The molecule has 1 rings (SSSR count). The smallest absolute Gasteiger partial charge is 0.142 e. The van der Waals surface area contributed by atoms with Crippen molar-refractivity contribution in [3.63, 3.8) is 0 Å². The highest BCUT2D eigenvalue weighted by molar-refractivity contribution is 5.64. The maximum absolute atomic E-state index is 9.84. The first kappa shape index (κ1) is 6.81. The Morgan fingerprint density at radius 3 is 3.10 bits per heavy atom. The number of aromatic nitrogens is 1. The highest BCUT2D eigenvalue weighted by Crippen LogP contribution is 1.95. The Kier molecular flexibility index (Phi) is 2.49. The molecule has 0 saturated carbocycles. The summed E-state index contributed by atoms with van der Waals surface area (Å²) >= 11 is 0. The lowest BCUT2D eigenvalue weighted by molar-refractivity contribution is -0.104. The first-order valence-electron chi connectivity index (χ1n) is 3.16. The third kappa shape index (κ3) is 1.90. The molecule has 0 fully saturated rings. The molecule has 0 atom stereocenters. The molecule has 0 saturated heterocycles. The largest absolute Gasteiger partial charge is 0.365 e. The van der Waals surface area contributed by atoms with Crippen molar-refractivity contribution < 1.29 is 4.79 Å². The van der Waals surface area contributed by atoms with Gasteiger partial charge in [0.1, 0.15) is 6.29 Å². The maximum atomic E-state index is 9.84. The summed E-state index contributed by atoms with van der Waals surface area (Å²) in [4.78, 5) is 12.9. The molecule has 0 radical (unpaired) electrons. The number of carbonyl (C=O) groups excluding carboxylic acids is 1. The normalized spacial score (nSPS) is 10.4. The molecule has 0 unspecified atom stereocenters. The maximum Gasteiger partial charge on any atom is 0.142 e. The third-order valence-electron chi connectivity index (χ3n) is 1.21.